The van der Waals surface area contributed by atoms with E-state index in [0.717, 1.165) is 12.2 Å². The van der Waals surface area contributed by atoms with Crippen molar-refractivity contribution in [3.63, 3.8) is 0 Å². The third-order valence-corrected chi connectivity index (χ3v) is 3.73. The van der Waals surface area contributed by atoms with E-state index in [9.17, 15) is 4.79 Å². The summed E-state index contributed by atoms with van der Waals surface area (Å²) in [4.78, 5) is 14.2. The van der Waals surface area contributed by atoms with E-state index in [1.54, 1.807) is 24.3 Å². The zero-order chi connectivity index (χ0) is 14.4. The number of carbonyl (C=O) groups is 1. The maximum Gasteiger partial charge on any atom is 0.319 e. The van der Waals surface area contributed by atoms with Crippen molar-refractivity contribution >= 4 is 23.3 Å². The molecule has 1 aromatic rings. The van der Waals surface area contributed by atoms with Gasteiger partial charge in [0, 0.05) is 23.8 Å². The number of nitrogens with zero attached hydrogens (tertiary/aromatic N) is 1. The molecule has 0 aromatic heterocycles. The Hall–Kier alpha value is -1.26. The van der Waals surface area contributed by atoms with E-state index in [0.29, 0.717) is 17.5 Å². The number of anilines is 1. The lowest BCUT2D eigenvalue weighted by molar-refractivity contribution is 0.245. The van der Waals surface area contributed by atoms with Crippen molar-refractivity contribution in [3.8, 4) is 0 Å². The zero-order valence-electron chi connectivity index (χ0n) is 11.9. The van der Waals surface area contributed by atoms with Crippen LogP contribution in [0, 0.1) is 5.92 Å². The van der Waals surface area contributed by atoms with Crippen LogP contribution >= 0.6 is 11.6 Å². The van der Waals surface area contributed by atoms with Crippen LogP contribution in [0.4, 0.5) is 10.5 Å². The van der Waals surface area contributed by atoms with Crippen molar-refractivity contribution in [1.82, 2.24) is 10.2 Å². The summed E-state index contributed by atoms with van der Waals surface area (Å²) < 4.78 is 0. The fourth-order valence-corrected chi connectivity index (χ4v) is 2.57. The summed E-state index contributed by atoms with van der Waals surface area (Å²) in [6.07, 6.45) is 2.61. The molecule has 0 spiro atoms. The predicted molar refractivity (Wildman–Crippen MR) is 83.3 cm³/mol. The average Bonchev–Trinajstić information content (AvgIpc) is 2.92. The topological polar surface area (TPSA) is 44.4 Å². The number of urea groups is 1. The Bertz CT molecular complexity index is 429. The average molecular weight is 296 g/mol. The molecule has 1 heterocycles. The molecule has 2 N–H and O–H groups in total. The summed E-state index contributed by atoms with van der Waals surface area (Å²) >= 11 is 5.80. The van der Waals surface area contributed by atoms with Crippen LogP contribution in [0.1, 0.15) is 19.8 Å². The van der Waals surface area contributed by atoms with Gasteiger partial charge in [0.15, 0.2) is 0 Å². The molecular weight excluding hydrogens is 274 g/mol. The van der Waals surface area contributed by atoms with Gasteiger partial charge in [-0.25, -0.2) is 4.79 Å². The first-order valence-electron chi connectivity index (χ1n) is 7.16. The number of benzene rings is 1. The number of hydrogen-bond donors (Lipinski definition) is 2. The first kappa shape index (κ1) is 15.1. The molecule has 4 nitrogen and oxygen atoms in total. The van der Waals surface area contributed by atoms with Crippen molar-refractivity contribution in [3.05, 3.63) is 29.3 Å². The van der Waals surface area contributed by atoms with Gasteiger partial charge < -0.3 is 15.5 Å². The number of rotatable bonds is 5. The Morgan fingerprint density at radius 2 is 1.95 bits per heavy atom. The maximum absolute atomic E-state index is 11.8. The second kappa shape index (κ2) is 7.50. The van der Waals surface area contributed by atoms with Crippen molar-refractivity contribution in [2.45, 2.75) is 19.8 Å². The fourth-order valence-electron chi connectivity index (χ4n) is 2.45. The van der Waals surface area contributed by atoms with Crippen LogP contribution in [-0.4, -0.2) is 37.1 Å². The minimum absolute atomic E-state index is 0.166. The lowest BCUT2D eigenvalue weighted by Gasteiger charge is -2.20. The van der Waals surface area contributed by atoms with Gasteiger partial charge in [-0.3, -0.25) is 0 Å². The van der Waals surface area contributed by atoms with E-state index >= 15 is 0 Å². The number of likely N-dealkylation sites (tertiary alicyclic amines) is 1. The largest absolute Gasteiger partial charge is 0.338 e. The Labute approximate surface area is 125 Å². The fraction of sp³-hybridized carbons (Fsp3) is 0.533. The number of hydrogen-bond acceptors (Lipinski definition) is 2. The second-order valence-corrected chi connectivity index (χ2v) is 5.89. The highest BCUT2D eigenvalue weighted by molar-refractivity contribution is 6.30. The molecule has 0 radical (unpaired) electrons. The molecule has 1 atom stereocenters. The van der Waals surface area contributed by atoms with Crippen LogP contribution in [0.2, 0.25) is 5.02 Å². The van der Waals surface area contributed by atoms with Crippen molar-refractivity contribution in [1.29, 1.82) is 0 Å². The lowest BCUT2D eigenvalue weighted by atomic mass is 10.1. The maximum atomic E-state index is 11.8. The number of carbonyl (C=O) groups excluding carboxylic acids is 1. The highest BCUT2D eigenvalue weighted by Gasteiger charge is 2.15. The third-order valence-electron chi connectivity index (χ3n) is 3.48. The van der Waals surface area contributed by atoms with E-state index in [1.165, 1.54) is 25.9 Å². The Morgan fingerprint density at radius 3 is 2.60 bits per heavy atom. The van der Waals surface area contributed by atoms with Gasteiger partial charge in [-0.2, -0.15) is 0 Å². The number of amides is 2. The van der Waals surface area contributed by atoms with Crippen LogP contribution in [0.25, 0.3) is 0 Å². The van der Waals surface area contributed by atoms with Gasteiger partial charge >= 0.3 is 6.03 Å². The molecule has 5 heteroatoms. The molecule has 2 amide bonds. The standard InChI is InChI=1S/C15H22ClN3O/c1-12(11-19-8-2-3-9-19)10-17-15(20)18-14-6-4-13(16)5-7-14/h4-7,12H,2-3,8-11H2,1H3,(H2,17,18,20)/t12-/m0/s1. The second-order valence-electron chi connectivity index (χ2n) is 5.45. The smallest absolute Gasteiger partial charge is 0.319 e. The summed E-state index contributed by atoms with van der Waals surface area (Å²) in [5.74, 6) is 0.462. The van der Waals surface area contributed by atoms with E-state index in [-0.39, 0.29) is 6.03 Å². The molecule has 1 saturated heterocycles. The van der Waals surface area contributed by atoms with E-state index in [1.807, 2.05) is 0 Å². The summed E-state index contributed by atoms with van der Waals surface area (Å²) in [5, 5.41) is 6.37. The van der Waals surface area contributed by atoms with Gasteiger partial charge in [0.1, 0.15) is 0 Å². The molecule has 0 unspecified atom stereocenters. The summed E-state index contributed by atoms with van der Waals surface area (Å²) in [7, 11) is 0. The first-order valence-corrected chi connectivity index (χ1v) is 7.54. The van der Waals surface area contributed by atoms with Crippen LogP contribution in [0.15, 0.2) is 24.3 Å². The van der Waals surface area contributed by atoms with Crippen LogP contribution in [0.5, 0.6) is 0 Å². The molecule has 0 aliphatic carbocycles. The number of nitrogens with one attached hydrogen (secondary N) is 2. The van der Waals surface area contributed by atoms with Crippen molar-refractivity contribution in [2.24, 2.45) is 5.92 Å². The minimum atomic E-state index is -0.166. The zero-order valence-corrected chi connectivity index (χ0v) is 12.6. The summed E-state index contributed by atoms with van der Waals surface area (Å²) in [6.45, 7) is 6.31. The van der Waals surface area contributed by atoms with Crippen LogP contribution in [0.3, 0.4) is 0 Å². The minimum Gasteiger partial charge on any atom is -0.338 e. The van der Waals surface area contributed by atoms with E-state index in [4.69, 9.17) is 11.6 Å². The number of halogens is 1. The molecular formula is C15H22ClN3O. The molecule has 1 aromatic carbocycles. The van der Waals surface area contributed by atoms with Crippen molar-refractivity contribution < 1.29 is 4.79 Å². The first-order chi connectivity index (χ1) is 9.63. The lowest BCUT2D eigenvalue weighted by Crippen LogP contribution is -2.36. The monoisotopic (exact) mass is 295 g/mol. The van der Waals surface area contributed by atoms with Gasteiger partial charge in [-0.15, -0.1) is 0 Å². The molecule has 0 saturated carbocycles. The Morgan fingerprint density at radius 1 is 1.30 bits per heavy atom. The molecule has 1 aliphatic heterocycles. The van der Waals surface area contributed by atoms with Crippen LogP contribution in [-0.2, 0) is 0 Å². The Kier molecular flexibility index (Phi) is 5.68. The third kappa shape index (κ3) is 5.02. The SMILES string of the molecule is C[C@@H](CNC(=O)Nc1ccc(Cl)cc1)CN1CCCC1. The molecule has 1 aliphatic rings. The summed E-state index contributed by atoms with van der Waals surface area (Å²) in [5.41, 5.74) is 0.749. The van der Waals surface area contributed by atoms with Gasteiger partial charge in [-0.05, 0) is 56.1 Å². The molecule has 110 valence electrons. The Balaban J connectivity index is 1.67. The van der Waals surface area contributed by atoms with Gasteiger partial charge in [0.2, 0.25) is 0 Å². The van der Waals surface area contributed by atoms with Gasteiger partial charge in [0.05, 0.1) is 0 Å². The van der Waals surface area contributed by atoms with E-state index in [2.05, 4.69) is 22.5 Å². The van der Waals surface area contributed by atoms with E-state index < -0.39 is 0 Å². The normalized spacial score (nSPS) is 16.9. The predicted octanol–water partition coefficient (Wildman–Crippen LogP) is 3.19. The van der Waals surface area contributed by atoms with Crippen LogP contribution < -0.4 is 10.6 Å². The van der Waals surface area contributed by atoms with Gasteiger partial charge in [-0.1, -0.05) is 18.5 Å². The summed E-state index contributed by atoms with van der Waals surface area (Å²) in [6, 6.07) is 6.92. The highest BCUT2D eigenvalue weighted by atomic mass is 35.5. The molecule has 0 bridgehead atoms. The molecule has 2 rings (SSSR count). The quantitative estimate of drug-likeness (QED) is 0.876. The van der Waals surface area contributed by atoms with Crippen molar-refractivity contribution in [2.75, 3.05) is 31.5 Å². The van der Waals surface area contributed by atoms with Gasteiger partial charge in [0.25, 0.3) is 0 Å². The molecule has 20 heavy (non-hydrogen) atoms. The molecule has 1 fully saturated rings. The highest BCUT2D eigenvalue weighted by Crippen LogP contribution is 2.13.